The second kappa shape index (κ2) is 5.81. The molecule has 6 heteroatoms. The van der Waals surface area contributed by atoms with Crippen LogP contribution in [0.15, 0.2) is 36.5 Å². The first kappa shape index (κ1) is 15.4. The molecule has 21 heavy (non-hydrogen) atoms. The van der Waals surface area contributed by atoms with E-state index in [4.69, 9.17) is 5.73 Å². The van der Waals surface area contributed by atoms with Gasteiger partial charge in [0.25, 0.3) is 0 Å². The molecule has 2 aromatic rings. The lowest BCUT2D eigenvalue weighted by Gasteiger charge is -2.15. The van der Waals surface area contributed by atoms with Gasteiger partial charge in [-0.25, -0.2) is 4.39 Å². The molecule has 0 aliphatic heterocycles. The van der Waals surface area contributed by atoms with Gasteiger partial charge in [0.15, 0.2) is 0 Å². The number of halogens is 4. The van der Waals surface area contributed by atoms with E-state index >= 15 is 0 Å². The van der Waals surface area contributed by atoms with E-state index in [1.54, 1.807) is 12.3 Å². The molecule has 1 aromatic carbocycles. The molecule has 0 radical (unpaired) electrons. The van der Waals surface area contributed by atoms with Gasteiger partial charge in [0, 0.05) is 24.4 Å². The Hall–Kier alpha value is -1.95. The number of nitrogens with zero attached hydrogens (tertiary/aromatic N) is 1. The summed E-state index contributed by atoms with van der Waals surface area (Å²) < 4.78 is 51.2. The highest BCUT2D eigenvalue weighted by atomic mass is 19.4. The van der Waals surface area contributed by atoms with E-state index in [0.717, 1.165) is 17.7 Å². The van der Waals surface area contributed by atoms with Crippen LogP contribution in [0.2, 0.25) is 0 Å². The number of hydrogen-bond donors (Lipinski definition) is 1. The zero-order chi connectivity index (χ0) is 15.6. The Morgan fingerprint density at radius 1 is 1.19 bits per heavy atom. The minimum absolute atomic E-state index is 0.228. The van der Waals surface area contributed by atoms with E-state index < -0.39 is 23.6 Å². The Kier molecular flexibility index (Phi) is 4.27. The molecule has 0 amide bonds. The highest BCUT2D eigenvalue weighted by Crippen LogP contribution is 2.33. The molecule has 2 nitrogen and oxygen atoms in total. The highest BCUT2D eigenvalue weighted by Gasteiger charge is 2.34. The molecule has 2 N–H and O–H groups in total. The van der Waals surface area contributed by atoms with Crippen LogP contribution in [0.25, 0.3) is 0 Å². The van der Waals surface area contributed by atoms with Gasteiger partial charge in [0.1, 0.15) is 5.82 Å². The molecule has 112 valence electrons. The number of benzene rings is 1. The quantitative estimate of drug-likeness (QED) is 0.876. The predicted octanol–water partition coefficient (Wildman–Crippen LogP) is 3.79. The van der Waals surface area contributed by atoms with Crippen molar-refractivity contribution in [1.82, 2.24) is 4.98 Å². The van der Waals surface area contributed by atoms with Gasteiger partial charge in [-0.15, -0.1) is 0 Å². The number of aromatic nitrogens is 1. The molecule has 2 rings (SSSR count). The number of hydrogen-bond acceptors (Lipinski definition) is 2. The number of pyridine rings is 1. The van der Waals surface area contributed by atoms with Crippen LogP contribution in [0.5, 0.6) is 0 Å². The first-order valence-electron chi connectivity index (χ1n) is 6.31. The van der Waals surface area contributed by atoms with Gasteiger partial charge >= 0.3 is 6.18 Å². The van der Waals surface area contributed by atoms with E-state index in [0.29, 0.717) is 5.69 Å². The summed E-state index contributed by atoms with van der Waals surface area (Å²) in [6.45, 7) is 1.88. The van der Waals surface area contributed by atoms with Crippen LogP contribution in [0.4, 0.5) is 17.6 Å². The van der Waals surface area contributed by atoms with Crippen molar-refractivity contribution >= 4 is 0 Å². The van der Waals surface area contributed by atoms with Gasteiger partial charge in [0.05, 0.1) is 5.56 Å². The van der Waals surface area contributed by atoms with Gasteiger partial charge in [-0.2, -0.15) is 13.2 Å². The third kappa shape index (κ3) is 3.78. The maximum absolute atomic E-state index is 13.2. The molecule has 0 saturated heterocycles. The van der Waals surface area contributed by atoms with Crippen LogP contribution in [0.3, 0.4) is 0 Å². The molecular weight excluding hydrogens is 284 g/mol. The fraction of sp³-hybridized carbons (Fsp3) is 0.267. The number of nitrogens with two attached hydrogens (primary N) is 1. The van der Waals surface area contributed by atoms with Gasteiger partial charge in [0.2, 0.25) is 0 Å². The summed E-state index contributed by atoms with van der Waals surface area (Å²) in [5.74, 6) is -1.30. The fourth-order valence-electron chi connectivity index (χ4n) is 1.95. The van der Waals surface area contributed by atoms with Gasteiger partial charge < -0.3 is 5.73 Å². The van der Waals surface area contributed by atoms with Gasteiger partial charge in [-0.3, -0.25) is 4.98 Å². The lowest BCUT2D eigenvalue weighted by Crippen LogP contribution is -2.16. The number of rotatable bonds is 3. The molecule has 0 aliphatic carbocycles. The molecule has 1 atom stereocenters. The van der Waals surface area contributed by atoms with Crippen molar-refractivity contribution in [3.8, 4) is 0 Å². The standard InChI is InChI=1S/C15H14F4N2/c1-9-2-4-11(21-8-9)7-14(20)10-3-5-13(16)12(6-10)15(17,18)19/h2-6,8,14H,7,20H2,1H3. The Labute approximate surface area is 119 Å². The van der Waals surface area contributed by atoms with Gasteiger partial charge in [-0.1, -0.05) is 12.1 Å². The summed E-state index contributed by atoms with van der Waals surface area (Å²) >= 11 is 0. The number of alkyl halides is 3. The molecule has 1 aromatic heterocycles. The first-order valence-corrected chi connectivity index (χ1v) is 6.31. The Balaban J connectivity index is 2.23. The average Bonchev–Trinajstić information content (AvgIpc) is 2.40. The summed E-state index contributed by atoms with van der Waals surface area (Å²) in [6.07, 6.45) is -2.79. The van der Waals surface area contributed by atoms with Crippen LogP contribution in [-0.2, 0) is 12.6 Å². The van der Waals surface area contributed by atoms with E-state index in [1.165, 1.54) is 6.07 Å². The predicted molar refractivity (Wildman–Crippen MR) is 71.0 cm³/mol. The highest BCUT2D eigenvalue weighted by molar-refractivity contribution is 5.30. The van der Waals surface area contributed by atoms with E-state index in [1.807, 2.05) is 13.0 Å². The summed E-state index contributed by atoms with van der Waals surface area (Å²) in [4.78, 5) is 4.16. The maximum Gasteiger partial charge on any atom is 0.419 e. The molecule has 0 saturated carbocycles. The lowest BCUT2D eigenvalue weighted by atomic mass is 9.99. The van der Waals surface area contributed by atoms with Crippen LogP contribution in [0, 0.1) is 12.7 Å². The molecule has 0 fully saturated rings. The summed E-state index contributed by atoms with van der Waals surface area (Å²) in [6, 6.07) is 5.75. The van der Waals surface area contributed by atoms with Crippen molar-refractivity contribution in [3.63, 3.8) is 0 Å². The normalized spacial score (nSPS) is 13.2. The van der Waals surface area contributed by atoms with E-state index in [2.05, 4.69) is 4.98 Å². The fourth-order valence-corrected chi connectivity index (χ4v) is 1.95. The lowest BCUT2D eigenvalue weighted by molar-refractivity contribution is -0.140. The molecule has 0 spiro atoms. The molecule has 0 bridgehead atoms. The SMILES string of the molecule is Cc1ccc(CC(N)c2ccc(F)c(C(F)(F)F)c2)nc1. The van der Waals surface area contributed by atoms with Crippen LogP contribution < -0.4 is 5.73 Å². The Morgan fingerprint density at radius 3 is 2.48 bits per heavy atom. The first-order chi connectivity index (χ1) is 9.77. The Morgan fingerprint density at radius 2 is 1.90 bits per heavy atom. The smallest absolute Gasteiger partial charge is 0.324 e. The van der Waals surface area contributed by atoms with Crippen molar-refractivity contribution in [3.05, 3.63) is 64.7 Å². The monoisotopic (exact) mass is 298 g/mol. The third-order valence-electron chi connectivity index (χ3n) is 3.13. The molecule has 1 unspecified atom stereocenters. The van der Waals surface area contributed by atoms with Crippen LogP contribution in [-0.4, -0.2) is 4.98 Å². The topological polar surface area (TPSA) is 38.9 Å². The maximum atomic E-state index is 13.2. The van der Waals surface area contributed by atoms with E-state index in [9.17, 15) is 17.6 Å². The molecular formula is C15H14F4N2. The zero-order valence-corrected chi connectivity index (χ0v) is 11.3. The minimum Gasteiger partial charge on any atom is -0.324 e. The number of aryl methyl sites for hydroxylation is 1. The molecule has 0 aliphatic rings. The minimum atomic E-state index is -4.73. The average molecular weight is 298 g/mol. The second-order valence-corrected chi connectivity index (χ2v) is 4.87. The van der Waals surface area contributed by atoms with E-state index in [-0.39, 0.29) is 12.0 Å². The largest absolute Gasteiger partial charge is 0.419 e. The van der Waals surface area contributed by atoms with Crippen molar-refractivity contribution < 1.29 is 17.6 Å². The summed E-state index contributed by atoms with van der Waals surface area (Å²) in [7, 11) is 0. The van der Waals surface area contributed by atoms with Crippen LogP contribution >= 0.6 is 0 Å². The van der Waals surface area contributed by atoms with Crippen molar-refractivity contribution in [2.45, 2.75) is 25.6 Å². The second-order valence-electron chi connectivity index (χ2n) is 4.87. The van der Waals surface area contributed by atoms with Gasteiger partial charge in [-0.05, 0) is 36.2 Å². The van der Waals surface area contributed by atoms with Crippen molar-refractivity contribution in [2.75, 3.05) is 0 Å². The summed E-state index contributed by atoms with van der Waals surface area (Å²) in [5.41, 5.74) is 6.48. The molecule has 1 heterocycles. The van der Waals surface area contributed by atoms with Crippen molar-refractivity contribution in [1.29, 1.82) is 0 Å². The third-order valence-corrected chi connectivity index (χ3v) is 3.13. The van der Waals surface area contributed by atoms with Crippen molar-refractivity contribution in [2.24, 2.45) is 5.73 Å². The zero-order valence-electron chi connectivity index (χ0n) is 11.3. The Bertz CT molecular complexity index is 621. The van der Waals surface area contributed by atoms with Crippen LogP contribution in [0.1, 0.15) is 28.4 Å². The summed E-state index contributed by atoms with van der Waals surface area (Å²) in [5, 5.41) is 0.